The number of carbonyl (C=O) groups excluding carboxylic acids is 1. The molecule has 0 fully saturated rings. The summed E-state index contributed by atoms with van der Waals surface area (Å²) >= 11 is 0. The average Bonchev–Trinajstić information content (AvgIpc) is 2.40. The number of para-hydroxylation sites is 1. The molecule has 0 radical (unpaired) electrons. The lowest BCUT2D eigenvalue weighted by Crippen LogP contribution is -2.03. The van der Waals surface area contributed by atoms with Gasteiger partial charge in [-0.3, -0.25) is 4.79 Å². The Balaban J connectivity index is 2.09. The van der Waals surface area contributed by atoms with Crippen LogP contribution in [0.4, 0.5) is 0 Å². The van der Waals surface area contributed by atoms with Crippen LogP contribution in [-0.4, -0.2) is 5.78 Å². The van der Waals surface area contributed by atoms with E-state index < -0.39 is 0 Å². The van der Waals surface area contributed by atoms with E-state index in [1.165, 1.54) is 0 Å². The molecular weight excluding hydrogens is 224 g/mol. The van der Waals surface area contributed by atoms with Crippen molar-refractivity contribution in [3.8, 4) is 5.75 Å². The Kier molecular flexibility index (Phi) is 3.78. The third-order valence-corrected chi connectivity index (χ3v) is 2.84. The zero-order valence-electron chi connectivity index (χ0n) is 10.6. The molecule has 0 spiro atoms. The highest BCUT2D eigenvalue weighted by molar-refractivity contribution is 5.94. The molecule has 0 aliphatic rings. The number of rotatable bonds is 4. The molecule has 18 heavy (non-hydrogen) atoms. The molecule has 0 bridgehead atoms. The van der Waals surface area contributed by atoms with Gasteiger partial charge < -0.3 is 4.74 Å². The van der Waals surface area contributed by atoms with Crippen LogP contribution in [0.15, 0.2) is 54.6 Å². The lowest BCUT2D eigenvalue weighted by Gasteiger charge is -2.15. The molecule has 0 saturated heterocycles. The first-order chi connectivity index (χ1) is 8.66. The van der Waals surface area contributed by atoms with Crippen molar-refractivity contribution in [2.45, 2.75) is 20.0 Å². The van der Waals surface area contributed by atoms with Gasteiger partial charge in [-0.15, -0.1) is 0 Å². The second kappa shape index (κ2) is 5.50. The van der Waals surface area contributed by atoms with Crippen LogP contribution < -0.4 is 4.74 Å². The van der Waals surface area contributed by atoms with Gasteiger partial charge in [-0.1, -0.05) is 42.5 Å². The summed E-state index contributed by atoms with van der Waals surface area (Å²) in [6, 6.07) is 17.3. The van der Waals surface area contributed by atoms with Crippen LogP contribution in [0.2, 0.25) is 0 Å². The maximum absolute atomic E-state index is 11.2. The highest BCUT2D eigenvalue weighted by atomic mass is 16.5. The van der Waals surface area contributed by atoms with Crippen LogP contribution in [0.1, 0.15) is 35.9 Å². The van der Waals surface area contributed by atoms with Crippen molar-refractivity contribution in [2.24, 2.45) is 0 Å². The van der Waals surface area contributed by atoms with Gasteiger partial charge in [-0.25, -0.2) is 0 Å². The molecule has 0 amide bonds. The fourth-order valence-corrected chi connectivity index (χ4v) is 1.76. The molecule has 2 aromatic rings. The number of ether oxygens (including phenoxy) is 1. The summed E-state index contributed by atoms with van der Waals surface area (Å²) in [6.45, 7) is 3.56. The fourth-order valence-electron chi connectivity index (χ4n) is 1.76. The smallest absolute Gasteiger partial charge is 0.159 e. The van der Waals surface area contributed by atoms with E-state index in [0.29, 0.717) is 0 Å². The van der Waals surface area contributed by atoms with Gasteiger partial charge >= 0.3 is 0 Å². The van der Waals surface area contributed by atoms with Crippen molar-refractivity contribution < 1.29 is 9.53 Å². The Labute approximate surface area is 107 Å². The van der Waals surface area contributed by atoms with Gasteiger partial charge in [0.15, 0.2) is 5.78 Å². The molecule has 2 rings (SSSR count). The van der Waals surface area contributed by atoms with Crippen molar-refractivity contribution in [3.05, 3.63) is 65.7 Å². The van der Waals surface area contributed by atoms with E-state index >= 15 is 0 Å². The Morgan fingerprint density at radius 1 is 1.00 bits per heavy atom. The lowest BCUT2D eigenvalue weighted by molar-refractivity contribution is 0.101. The van der Waals surface area contributed by atoms with E-state index in [1.54, 1.807) is 6.92 Å². The topological polar surface area (TPSA) is 26.3 Å². The molecule has 2 aromatic carbocycles. The molecule has 0 aliphatic heterocycles. The van der Waals surface area contributed by atoms with Gasteiger partial charge in [0.25, 0.3) is 0 Å². The minimum Gasteiger partial charge on any atom is -0.486 e. The minimum atomic E-state index is -0.0339. The second-order valence-corrected chi connectivity index (χ2v) is 4.25. The van der Waals surface area contributed by atoms with E-state index in [4.69, 9.17) is 4.74 Å². The van der Waals surface area contributed by atoms with Crippen molar-refractivity contribution in [1.29, 1.82) is 0 Å². The number of ketones is 1. The van der Waals surface area contributed by atoms with Crippen LogP contribution in [0.5, 0.6) is 5.75 Å². The van der Waals surface area contributed by atoms with Gasteiger partial charge in [0, 0.05) is 5.56 Å². The average molecular weight is 240 g/mol. The molecule has 0 aliphatic carbocycles. The maximum Gasteiger partial charge on any atom is 0.159 e. The van der Waals surface area contributed by atoms with E-state index in [9.17, 15) is 4.79 Å². The third-order valence-electron chi connectivity index (χ3n) is 2.84. The van der Waals surface area contributed by atoms with Crippen molar-refractivity contribution >= 4 is 5.78 Å². The monoisotopic (exact) mass is 240 g/mol. The van der Waals surface area contributed by atoms with Gasteiger partial charge in [0.2, 0.25) is 0 Å². The van der Waals surface area contributed by atoms with Crippen LogP contribution >= 0.6 is 0 Å². The van der Waals surface area contributed by atoms with Crippen LogP contribution in [0.3, 0.4) is 0 Å². The zero-order valence-corrected chi connectivity index (χ0v) is 10.6. The molecule has 0 N–H and O–H groups in total. The maximum atomic E-state index is 11.2. The van der Waals surface area contributed by atoms with Crippen LogP contribution in [0.25, 0.3) is 0 Å². The van der Waals surface area contributed by atoms with Crippen LogP contribution in [0, 0.1) is 0 Å². The first-order valence-corrected chi connectivity index (χ1v) is 5.99. The predicted octanol–water partition coefficient (Wildman–Crippen LogP) is 4.03. The van der Waals surface area contributed by atoms with Crippen LogP contribution in [-0.2, 0) is 0 Å². The third kappa shape index (κ3) is 2.98. The van der Waals surface area contributed by atoms with Gasteiger partial charge in [0.1, 0.15) is 11.9 Å². The lowest BCUT2D eigenvalue weighted by atomic mass is 10.1. The summed E-state index contributed by atoms with van der Waals surface area (Å²) in [6.07, 6.45) is -0.0339. The molecule has 0 heterocycles. The Bertz CT molecular complexity index is 515. The zero-order chi connectivity index (χ0) is 13.0. The quantitative estimate of drug-likeness (QED) is 0.754. The van der Waals surface area contributed by atoms with Gasteiger partial charge in [-0.05, 0) is 31.5 Å². The number of hydrogen-bond acceptors (Lipinski definition) is 2. The molecule has 1 atom stereocenters. The molecule has 2 heteroatoms. The van der Waals surface area contributed by atoms with E-state index in [2.05, 4.69) is 0 Å². The van der Waals surface area contributed by atoms with Crippen molar-refractivity contribution in [1.82, 2.24) is 0 Å². The molecular formula is C16H16O2. The standard InChI is InChI=1S/C16H16O2/c1-12(17)14-8-10-15(11-9-14)13(2)18-16-6-4-3-5-7-16/h3-11,13H,1-2H3/t13-/m1/s1. The normalized spacial score (nSPS) is 11.9. The number of Topliss-reactive ketones (excluding diaryl/α,β-unsaturated/α-hetero) is 1. The molecule has 92 valence electrons. The Hall–Kier alpha value is -2.09. The van der Waals surface area contributed by atoms with Crippen molar-refractivity contribution in [3.63, 3.8) is 0 Å². The second-order valence-electron chi connectivity index (χ2n) is 4.25. The Morgan fingerprint density at radius 2 is 1.61 bits per heavy atom. The fraction of sp³-hybridized carbons (Fsp3) is 0.188. The summed E-state index contributed by atoms with van der Waals surface area (Å²) in [5.41, 5.74) is 1.79. The summed E-state index contributed by atoms with van der Waals surface area (Å²) < 4.78 is 5.82. The first kappa shape index (κ1) is 12.4. The van der Waals surface area contributed by atoms with Crippen molar-refractivity contribution in [2.75, 3.05) is 0 Å². The summed E-state index contributed by atoms with van der Waals surface area (Å²) in [4.78, 5) is 11.2. The number of carbonyl (C=O) groups is 1. The van der Waals surface area contributed by atoms with E-state index in [0.717, 1.165) is 16.9 Å². The Morgan fingerprint density at radius 3 is 2.17 bits per heavy atom. The molecule has 0 saturated carbocycles. The first-order valence-electron chi connectivity index (χ1n) is 5.99. The summed E-state index contributed by atoms with van der Waals surface area (Å²) in [5, 5.41) is 0. The van der Waals surface area contributed by atoms with Gasteiger partial charge in [0.05, 0.1) is 0 Å². The number of hydrogen-bond donors (Lipinski definition) is 0. The summed E-state index contributed by atoms with van der Waals surface area (Å²) in [7, 11) is 0. The van der Waals surface area contributed by atoms with E-state index in [-0.39, 0.29) is 11.9 Å². The number of benzene rings is 2. The SMILES string of the molecule is CC(=O)c1ccc([C@@H](C)Oc2ccccc2)cc1. The predicted molar refractivity (Wildman–Crippen MR) is 71.9 cm³/mol. The molecule has 0 aromatic heterocycles. The summed E-state index contributed by atoms with van der Waals surface area (Å²) in [5.74, 6) is 0.929. The minimum absolute atomic E-state index is 0.0339. The highest BCUT2D eigenvalue weighted by Gasteiger charge is 2.07. The van der Waals surface area contributed by atoms with Gasteiger partial charge in [-0.2, -0.15) is 0 Å². The van der Waals surface area contributed by atoms with E-state index in [1.807, 2.05) is 61.5 Å². The molecule has 0 unspecified atom stereocenters. The highest BCUT2D eigenvalue weighted by Crippen LogP contribution is 2.21. The largest absolute Gasteiger partial charge is 0.486 e. The molecule has 2 nitrogen and oxygen atoms in total.